The van der Waals surface area contributed by atoms with Gasteiger partial charge < -0.3 is 4.98 Å². The van der Waals surface area contributed by atoms with Crippen molar-refractivity contribution in [3.8, 4) is 16.8 Å². The quantitative estimate of drug-likeness (QED) is 0.371. The van der Waals surface area contributed by atoms with E-state index in [1.165, 1.54) is 23.1 Å². The first kappa shape index (κ1) is 19.9. The first-order valence-corrected chi connectivity index (χ1v) is 11.6. The first-order valence-electron chi connectivity index (χ1n) is 9.33. The van der Waals surface area contributed by atoms with E-state index in [0.717, 1.165) is 22.4 Å². The van der Waals surface area contributed by atoms with Crippen molar-refractivity contribution in [2.75, 3.05) is 0 Å². The molecule has 0 amide bonds. The lowest BCUT2D eigenvalue weighted by Crippen LogP contribution is -2.11. The highest BCUT2D eigenvalue weighted by atomic mass is 35.5. The smallest absolute Gasteiger partial charge is 0.260 e. The van der Waals surface area contributed by atoms with Crippen LogP contribution in [0.5, 0.6) is 0 Å². The zero-order chi connectivity index (χ0) is 21.4. The van der Waals surface area contributed by atoms with E-state index in [1.54, 1.807) is 4.68 Å². The number of fused-ring (bicyclic) bond motifs is 1. The first-order chi connectivity index (χ1) is 15.1. The van der Waals surface area contributed by atoms with Crippen LogP contribution in [0.15, 0.2) is 63.9 Å². The third-order valence-corrected chi connectivity index (χ3v) is 6.85. The van der Waals surface area contributed by atoms with E-state index in [1.807, 2.05) is 60.8 Å². The molecule has 0 radical (unpaired) electrons. The molecule has 31 heavy (non-hydrogen) atoms. The summed E-state index contributed by atoms with van der Waals surface area (Å²) >= 11 is 9.16. The second-order valence-electron chi connectivity index (χ2n) is 6.82. The van der Waals surface area contributed by atoms with Crippen molar-refractivity contribution < 1.29 is 0 Å². The Morgan fingerprint density at radius 3 is 2.74 bits per heavy atom. The summed E-state index contributed by atoms with van der Waals surface area (Å²) in [6, 6.07) is 15.4. The number of aromatic nitrogens is 6. The van der Waals surface area contributed by atoms with Crippen molar-refractivity contribution in [3.05, 3.63) is 80.7 Å². The van der Waals surface area contributed by atoms with Crippen molar-refractivity contribution >= 4 is 44.9 Å². The molecule has 0 fully saturated rings. The molecule has 5 rings (SSSR count). The minimum absolute atomic E-state index is 0.185. The van der Waals surface area contributed by atoms with Crippen LogP contribution in [0.25, 0.3) is 27.0 Å². The Balaban J connectivity index is 1.43. The second-order valence-corrected chi connectivity index (χ2v) is 9.03. The van der Waals surface area contributed by atoms with Crippen molar-refractivity contribution in [1.82, 2.24) is 30.2 Å². The monoisotopic (exact) mass is 466 g/mol. The van der Waals surface area contributed by atoms with E-state index < -0.39 is 0 Å². The summed E-state index contributed by atoms with van der Waals surface area (Å²) < 4.78 is 1.67. The summed E-state index contributed by atoms with van der Waals surface area (Å²) in [5.74, 6) is 0.991. The van der Waals surface area contributed by atoms with Gasteiger partial charge in [0.25, 0.3) is 5.56 Å². The van der Waals surface area contributed by atoms with E-state index in [0.29, 0.717) is 32.0 Å². The van der Waals surface area contributed by atoms with Gasteiger partial charge in [-0.25, -0.2) is 4.98 Å². The second kappa shape index (κ2) is 8.26. The van der Waals surface area contributed by atoms with Crippen LogP contribution in [0, 0.1) is 6.92 Å². The Hall–Kier alpha value is -3.01. The molecule has 0 unspecified atom stereocenters. The molecule has 2 aromatic carbocycles. The van der Waals surface area contributed by atoms with E-state index >= 15 is 0 Å². The van der Waals surface area contributed by atoms with Crippen molar-refractivity contribution in [2.45, 2.75) is 17.8 Å². The molecular formula is C21H15ClN6OS2. The standard InChI is InChI=1S/C21H15ClN6OS2/c1-12-6-8-13(9-7-12)28-21(25-26-27-28)31-11-17-23-19(29)18-15(10-30-20(18)24-17)14-4-2-3-5-16(14)22/h2-10H,11H2,1H3,(H,23,24,29). The number of aryl methyl sites for hydroxylation is 1. The fraction of sp³-hybridized carbons (Fsp3) is 0.0952. The number of aromatic amines is 1. The topological polar surface area (TPSA) is 89.3 Å². The number of benzene rings is 2. The number of nitrogens with zero attached hydrogens (tertiary/aromatic N) is 5. The fourth-order valence-electron chi connectivity index (χ4n) is 3.19. The highest BCUT2D eigenvalue weighted by Gasteiger charge is 2.16. The number of thioether (sulfide) groups is 1. The van der Waals surface area contributed by atoms with Crippen LogP contribution in [-0.2, 0) is 5.75 Å². The molecule has 0 aliphatic rings. The van der Waals surface area contributed by atoms with Gasteiger partial charge in [-0.15, -0.1) is 16.4 Å². The van der Waals surface area contributed by atoms with Crippen LogP contribution in [0.1, 0.15) is 11.4 Å². The predicted octanol–water partition coefficient (Wildman–Crippen LogP) is 4.88. The minimum atomic E-state index is -0.185. The summed E-state index contributed by atoms with van der Waals surface area (Å²) in [4.78, 5) is 21.1. The van der Waals surface area contributed by atoms with Crippen molar-refractivity contribution in [3.63, 3.8) is 0 Å². The number of hydrogen-bond acceptors (Lipinski definition) is 7. The number of halogens is 1. The average Bonchev–Trinajstić information content (AvgIpc) is 3.40. The zero-order valence-electron chi connectivity index (χ0n) is 16.2. The van der Waals surface area contributed by atoms with Gasteiger partial charge in [0, 0.05) is 21.5 Å². The molecule has 0 aliphatic heterocycles. The van der Waals surface area contributed by atoms with Crippen LogP contribution in [-0.4, -0.2) is 30.2 Å². The molecule has 5 aromatic rings. The van der Waals surface area contributed by atoms with Gasteiger partial charge in [-0.3, -0.25) is 4.79 Å². The predicted molar refractivity (Wildman–Crippen MR) is 124 cm³/mol. The van der Waals surface area contributed by atoms with E-state index in [9.17, 15) is 4.79 Å². The van der Waals surface area contributed by atoms with Gasteiger partial charge in [0.2, 0.25) is 5.16 Å². The Kier molecular flexibility index (Phi) is 5.31. The maximum atomic E-state index is 12.9. The highest BCUT2D eigenvalue weighted by molar-refractivity contribution is 7.98. The number of rotatable bonds is 5. The minimum Gasteiger partial charge on any atom is -0.309 e. The number of thiophene rings is 1. The van der Waals surface area contributed by atoms with Gasteiger partial charge in [0.05, 0.1) is 16.8 Å². The molecule has 0 spiro atoms. The number of tetrazole rings is 1. The highest BCUT2D eigenvalue weighted by Crippen LogP contribution is 2.35. The Bertz CT molecular complexity index is 1440. The number of H-pyrrole nitrogens is 1. The summed E-state index contributed by atoms with van der Waals surface area (Å²) in [5.41, 5.74) is 3.46. The molecule has 1 N–H and O–H groups in total. The lowest BCUT2D eigenvalue weighted by atomic mass is 10.1. The summed E-state index contributed by atoms with van der Waals surface area (Å²) in [6.45, 7) is 2.03. The van der Waals surface area contributed by atoms with Crippen LogP contribution >= 0.6 is 34.7 Å². The molecule has 0 bridgehead atoms. The molecule has 0 aliphatic carbocycles. The lowest BCUT2D eigenvalue weighted by Gasteiger charge is -2.05. The molecule has 7 nitrogen and oxygen atoms in total. The number of hydrogen-bond donors (Lipinski definition) is 1. The van der Waals surface area contributed by atoms with Crippen LogP contribution in [0.4, 0.5) is 0 Å². The molecule has 10 heteroatoms. The zero-order valence-corrected chi connectivity index (χ0v) is 18.6. The van der Waals surface area contributed by atoms with Gasteiger partial charge in [-0.2, -0.15) is 4.68 Å². The van der Waals surface area contributed by atoms with Crippen LogP contribution in [0.2, 0.25) is 5.02 Å². The molecule has 0 saturated carbocycles. The summed E-state index contributed by atoms with van der Waals surface area (Å²) in [7, 11) is 0. The maximum absolute atomic E-state index is 12.9. The van der Waals surface area contributed by atoms with Crippen LogP contribution < -0.4 is 5.56 Å². The van der Waals surface area contributed by atoms with E-state index in [2.05, 4.69) is 25.5 Å². The third-order valence-electron chi connectivity index (χ3n) is 4.71. The van der Waals surface area contributed by atoms with E-state index in [-0.39, 0.29) is 5.56 Å². The Morgan fingerprint density at radius 2 is 1.94 bits per heavy atom. The van der Waals surface area contributed by atoms with Gasteiger partial charge >= 0.3 is 0 Å². The number of nitrogens with one attached hydrogen (secondary N) is 1. The van der Waals surface area contributed by atoms with Gasteiger partial charge in [-0.1, -0.05) is 59.3 Å². The molecule has 3 aromatic heterocycles. The normalized spacial score (nSPS) is 11.3. The summed E-state index contributed by atoms with van der Waals surface area (Å²) in [5, 5.41) is 15.7. The summed E-state index contributed by atoms with van der Waals surface area (Å²) in [6.07, 6.45) is 0. The Morgan fingerprint density at radius 1 is 1.13 bits per heavy atom. The van der Waals surface area contributed by atoms with Gasteiger partial charge in [0.15, 0.2) is 0 Å². The van der Waals surface area contributed by atoms with Crippen molar-refractivity contribution in [2.24, 2.45) is 0 Å². The van der Waals surface area contributed by atoms with Gasteiger partial charge in [0.1, 0.15) is 10.7 Å². The largest absolute Gasteiger partial charge is 0.309 e. The molecule has 0 saturated heterocycles. The lowest BCUT2D eigenvalue weighted by molar-refractivity contribution is 0.756. The maximum Gasteiger partial charge on any atom is 0.260 e. The average molecular weight is 467 g/mol. The third kappa shape index (κ3) is 3.87. The fourth-order valence-corrected chi connectivity index (χ4v) is 5.15. The molecule has 0 atom stereocenters. The molecule has 154 valence electrons. The Labute approximate surface area is 190 Å². The van der Waals surface area contributed by atoms with Crippen LogP contribution in [0.3, 0.4) is 0 Å². The molecular weight excluding hydrogens is 452 g/mol. The molecule has 3 heterocycles. The van der Waals surface area contributed by atoms with Gasteiger partial charge in [-0.05, 0) is 35.5 Å². The SMILES string of the molecule is Cc1ccc(-n2nnnc2SCc2nc3scc(-c4ccccc4Cl)c3c(=O)[nH]2)cc1. The van der Waals surface area contributed by atoms with Crippen molar-refractivity contribution in [1.29, 1.82) is 0 Å². The van der Waals surface area contributed by atoms with E-state index in [4.69, 9.17) is 11.6 Å².